The number of hydrogen-bond acceptors (Lipinski definition) is 3. The Bertz CT molecular complexity index is 286. The van der Waals surface area contributed by atoms with Crippen LogP contribution in [-0.4, -0.2) is 17.3 Å². The number of rotatable bonds is 5. The van der Waals surface area contributed by atoms with Gasteiger partial charge in [0, 0.05) is 11.2 Å². The van der Waals surface area contributed by atoms with Crippen LogP contribution in [0.2, 0.25) is 0 Å². The van der Waals surface area contributed by atoms with Crippen molar-refractivity contribution in [1.82, 2.24) is 0 Å². The van der Waals surface area contributed by atoms with E-state index in [1.54, 1.807) is 0 Å². The van der Waals surface area contributed by atoms with Crippen LogP contribution >= 0.6 is 12.6 Å². The average Bonchev–Trinajstić information content (AvgIpc) is 2.31. The second kappa shape index (κ2) is 6.24. The summed E-state index contributed by atoms with van der Waals surface area (Å²) >= 11 is 4.51. The van der Waals surface area contributed by atoms with Crippen LogP contribution in [0.15, 0.2) is 35.0 Å². The fourth-order valence-electron chi connectivity index (χ4n) is 1.78. The van der Waals surface area contributed by atoms with E-state index in [-0.39, 0.29) is 6.04 Å². The van der Waals surface area contributed by atoms with Crippen molar-refractivity contribution < 1.29 is 0 Å². The summed E-state index contributed by atoms with van der Waals surface area (Å²) in [7, 11) is 0. The molecule has 0 spiro atoms. The van der Waals surface area contributed by atoms with Crippen LogP contribution in [0.1, 0.15) is 27.2 Å². The number of allylic oxidation sites excluding steroid dienone is 1. The Balaban J connectivity index is 2.55. The number of hydrogen-bond donors (Lipinski definition) is 1. The van der Waals surface area contributed by atoms with Gasteiger partial charge in [-0.15, -0.1) is 6.58 Å². The molecule has 0 aromatic rings. The Morgan fingerprint density at radius 1 is 1.50 bits per heavy atom. The van der Waals surface area contributed by atoms with Crippen LogP contribution < -0.4 is 0 Å². The zero-order chi connectivity index (χ0) is 12.1. The van der Waals surface area contributed by atoms with E-state index in [4.69, 9.17) is 0 Å². The predicted molar refractivity (Wildman–Crippen MR) is 73.2 cm³/mol. The Morgan fingerprint density at radius 2 is 2.19 bits per heavy atom. The monoisotopic (exact) mass is 238 g/mol. The van der Waals surface area contributed by atoms with Gasteiger partial charge >= 0.3 is 0 Å². The minimum atomic E-state index is 0.124. The van der Waals surface area contributed by atoms with E-state index in [0.717, 1.165) is 6.42 Å². The summed E-state index contributed by atoms with van der Waals surface area (Å²) in [6.45, 7) is 10.1. The van der Waals surface area contributed by atoms with Crippen molar-refractivity contribution in [2.45, 2.75) is 44.5 Å². The predicted octanol–water partition coefficient (Wildman–Crippen LogP) is 3.91. The largest absolute Gasteiger partial charge is 0.189 e. The molecule has 1 saturated carbocycles. The number of nitrogens with zero attached hydrogens (tertiary/aromatic N) is 2. The van der Waals surface area contributed by atoms with Crippen LogP contribution in [0.25, 0.3) is 0 Å². The molecule has 0 amide bonds. The molecule has 16 heavy (non-hydrogen) atoms. The number of azo groups is 1. The topological polar surface area (TPSA) is 24.7 Å². The van der Waals surface area contributed by atoms with E-state index in [9.17, 15) is 0 Å². The Labute approximate surface area is 104 Å². The van der Waals surface area contributed by atoms with E-state index in [1.165, 1.54) is 0 Å². The molecule has 1 fully saturated rings. The van der Waals surface area contributed by atoms with Crippen LogP contribution in [0, 0.1) is 11.8 Å². The Hall–Kier alpha value is -0.570. The van der Waals surface area contributed by atoms with Gasteiger partial charge in [0.05, 0.1) is 12.1 Å². The Kier molecular flexibility index (Phi) is 5.26. The molecule has 0 bridgehead atoms. The molecule has 90 valence electrons. The molecule has 3 heteroatoms. The van der Waals surface area contributed by atoms with Crippen molar-refractivity contribution in [2.75, 3.05) is 0 Å². The molecular weight excluding hydrogens is 216 g/mol. The molecule has 1 aliphatic rings. The fraction of sp³-hybridized carbons (Fsp3) is 0.692. The van der Waals surface area contributed by atoms with E-state index in [0.29, 0.717) is 23.1 Å². The number of thiol groups is 1. The van der Waals surface area contributed by atoms with Gasteiger partial charge in [-0.05, 0) is 19.3 Å². The third kappa shape index (κ3) is 3.21. The van der Waals surface area contributed by atoms with Gasteiger partial charge in [0.2, 0.25) is 0 Å². The summed E-state index contributed by atoms with van der Waals surface area (Å²) in [6, 6.07) is 0.432. The molecule has 0 radical (unpaired) electrons. The first-order chi connectivity index (χ1) is 7.60. The molecular formula is C13H22N2S. The normalized spacial score (nSPS) is 33.9. The molecule has 0 saturated heterocycles. The van der Waals surface area contributed by atoms with Gasteiger partial charge in [-0.25, -0.2) is 0 Å². The summed E-state index contributed by atoms with van der Waals surface area (Å²) in [4.78, 5) is 0. The SMILES string of the molecule is C=CC(C)C(/C=C\C)N=N[C@@H]1CC(C)C1S. The maximum absolute atomic E-state index is 4.51. The highest BCUT2D eigenvalue weighted by atomic mass is 32.1. The van der Waals surface area contributed by atoms with Crippen molar-refractivity contribution >= 4 is 12.6 Å². The van der Waals surface area contributed by atoms with Crippen LogP contribution in [0.3, 0.4) is 0 Å². The molecule has 0 N–H and O–H groups in total. The summed E-state index contributed by atoms with van der Waals surface area (Å²) < 4.78 is 0. The molecule has 1 rings (SSSR count). The van der Waals surface area contributed by atoms with Crippen molar-refractivity contribution in [3.05, 3.63) is 24.8 Å². The zero-order valence-electron chi connectivity index (χ0n) is 10.4. The maximum atomic E-state index is 4.51. The van der Waals surface area contributed by atoms with Crippen molar-refractivity contribution in [2.24, 2.45) is 22.1 Å². The lowest BCUT2D eigenvalue weighted by Gasteiger charge is -2.36. The molecule has 0 aliphatic heterocycles. The second-order valence-electron chi connectivity index (χ2n) is 4.61. The molecule has 0 aromatic heterocycles. The van der Waals surface area contributed by atoms with Gasteiger partial charge in [-0.2, -0.15) is 22.9 Å². The summed E-state index contributed by atoms with van der Waals surface area (Å²) in [5.74, 6) is 1.00. The van der Waals surface area contributed by atoms with Gasteiger partial charge < -0.3 is 0 Å². The second-order valence-corrected chi connectivity index (χ2v) is 5.21. The standard InChI is InChI=1S/C13H22N2S/c1-5-7-11(9(3)6-2)14-15-12-8-10(4)13(12)16/h5-7,9-13,16H,2,8H2,1,3-4H3/b7-5-,15-14?/t9?,10?,11?,12-,13?/m1/s1. The van der Waals surface area contributed by atoms with E-state index in [2.05, 4.69) is 49.4 Å². The highest BCUT2D eigenvalue weighted by Crippen LogP contribution is 2.35. The van der Waals surface area contributed by atoms with Crippen molar-refractivity contribution in [3.63, 3.8) is 0 Å². The molecule has 5 atom stereocenters. The van der Waals surface area contributed by atoms with Gasteiger partial charge in [-0.1, -0.05) is 32.1 Å². The Morgan fingerprint density at radius 3 is 2.62 bits per heavy atom. The lowest BCUT2D eigenvalue weighted by atomic mass is 9.82. The lowest BCUT2D eigenvalue weighted by Crippen LogP contribution is -2.39. The zero-order valence-corrected chi connectivity index (χ0v) is 11.3. The third-order valence-electron chi connectivity index (χ3n) is 3.24. The quantitative estimate of drug-likeness (QED) is 0.427. The minimum absolute atomic E-state index is 0.124. The first kappa shape index (κ1) is 13.5. The maximum Gasteiger partial charge on any atom is 0.0948 e. The van der Waals surface area contributed by atoms with Crippen LogP contribution in [-0.2, 0) is 0 Å². The van der Waals surface area contributed by atoms with Gasteiger partial charge in [0.1, 0.15) is 0 Å². The third-order valence-corrected chi connectivity index (χ3v) is 4.09. The first-order valence-electron chi connectivity index (χ1n) is 5.93. The molecule has 1 aliphatic carbocycles. The van der Waals surface area contributed by atoms with Crippen LogP contribution in [0.4, 0.5) is 0 Å². The van der Waals surface area contributed by atoms with E-state index >= 15 is 0 Å². The molecule has 0 heterocycles. The van der Waals surface area contributed by atoms with E-state index < -0.39 is 0 Å². The highest BCUT2D eigenvalue weighted by Gasteiger charge is 2.35. The van der Waals surface area contributed by atoms with Crippen LogP contribution in [0.5, 0.6) is 0 Å². The van der Waals surface area contributed by atoms with Gasteiger partial charge in [0.25, 0.3) is 0 Å². The first-order valence-corrected chi connectivity index (χ1v) is 6.45. The fourth-order valence-corrected chi connectivity index (χ4v) is 2.08. The minimum Gasteiger partial charge on any atom is -0.189 e. The molecule has 4 unspecified atom stereocenters. The smallest absolute Gasteiger partial charge is 0.0948 e. The van der Waals surface area contributed by atoms with Crippen molar-refractivity contribution in [3.8, 4) is 0 Å². The van der Waals surface area contributed by atoms with Gasteiger partial charge in [-0.3, -0.25) is 0 Å². The lowest BCUT2D eigenvalue weighted by molar-refractivity contribution is 0.296. The molecule has 0 aromatic carbocycles. The summed E-state index contributed by atoms with van der Waals surface area (Å²) in [5.41, 5.74) is 0. The highest BCUT2D eigenvalue weighted by molar-refractivity contribution is 7.81. The summed E-state index contributed by atoms with van der Waals surface area (Å²) in [6.07, 6.45) is 7.13. The van der Waals surface area contributed by atoms with E-state index in [1.807, 2.05) is 19.1 Å². The molecule has 2 nitrogen and oxygen atoms in total. The summed E-state index contributed by atoms with van der Waals surface area (Å²) in [5, 5.41) is 9.19. The van der Waals surface area contributed by atoms with Gasteiger partial charge in [0.15, 0.2) is 0 Å². The van der Waals surface area contributed by atoms with Crippen molar-refractivity contribution in [1.29, 1.82) is 0 Å². The average molecular weight is 238 g/mol.